The van der Waals surface area contributed by atoms with Gasteiger partial charge in [-0.1, -0.05) is 6.92 Å². The number of ether oxygens (including phenoxy) is 1. The Morgan fingerprint density at radius 2 is 2.35 bits per heavy atom. The number of halogens is 1. The van der Waals surface area contributed by atoms with Gasteiger partial charge in [-0.05, 0) is 54.2 Å². The number of aromatic nitrogens is 1. The molecular weight excluding hydrogens is 280 g/mol. The lowest BCUT2D eigenvalue weighted by atomic mass is 10.0. The smallest absolute Gasteiger partial charge is 0.106 e. The van der Waals surface area contributed by atoms with Crippen LogP contribution in [0.3, 0.4) is 0 Å². The predicted octanol–water partition coefficient (Wildman–Crippen LogP) is 3.52. The maximum absolute atomic E-state index is 5.68. The van der Waals surface area contributed by atoms with Crippen molar-refractivity contribution in [3.8, 4) is 0 Å². The van der Waals surface area contributed by atoms with E-state index >= 15 is 0 Å². The molecule has 1 aromatic rings. The second-order valence-electron chi connectivity index (χ2n) is 4.53. The molecule has 17 heavy (non-hydrogen) atoms. The van der Waals surface area contributed by atoms with E-state index in [-0.39, 0.29) is 0 Å². The van der Waals surface area contributed by atoms with Crippen LogP contribution in [0.2, 0.25) is 0 Å². The van der Waals surface area contributed by atoms with Gasteiger partial charge in [0.05, 0.1) is 17.5 Å². The Balaban J connectivity index is 2.00. The molecule has 2 heterocycles. The van der Waals surface area contributed by atoms with E-state index in [9.17, 15) is 0 Å². The van der Waals surface area contributed by atoms with Crippen molar-refractivity contribution in [2.24, 2.45) is 0 Å². The van der Waals surface area contributed by atoms with Crippen LogP contribution < -0.4 is 5.32 Å². The number of nitrogens with zero attached hydrogens (tertiary/aromatic N) is 1. The van der Waals surface area contributed by atoms with Gasteiger partial charge in [0.25, 0.3) is 0 Å². The molecule has 1 N–H and O–H groups in total. The molecule has 0 saturated carbocycles. The van der Waals surface area contributed by atoms with Gasteiger partial charge in [-0.2, -0.15) is 0 Å². The van der Waals surface area contributed by atoms with Crippen molar-refractivity contribution in [3.63, 3.8) is 0 Å². The molecule has 0 spiro atoms. The average Bonchev–Trinajstić information content (AvgIpc) is 2.33. The van der Waals surface area contributed by atoms with E-state index in [0.29, 0.717) is 12.1 Å². The third-order valence-electron chi connectivity index (χ3n) is 3.23. The summed E-state index contributed by atoms with van der Waals surface area (Å²) < 4.78 is 6.57. The molecule has 1 aliphatic heterocycles. The standard InChI is InChI=1S/C13H19BrN2O/c1-3-11-8-10(6-7-17-11)16-12-4-5-13(14)15-9(12)2/h4-5,10-11,16H,3,6-8H2,1-2H3. The summed E-state index contributed by atoms with van der Waals surface area (Å²) >= 11 is 3.38. The average molecular weight is 299 g/mol. The zero-order chi connectivity index (χ0) is 12.3. The van der Waals surface area contributed by atoms with Gasteiger partial charge >= 0.3 is 0 Å². The number of rotatable bonds is 3. The fraction of sp³-hybridized carbons (Fsp3) is 0.615. The predicted molar refractivity (Wildman–Crippen MR) is 73.3 cm³/mol. The van der Waals surface area contributed by atoms with Crippen LogP contribution in [0.5, 0.6) is 0 Å². The first kappa shape index (κ1) is 12.8. The van der Waals surface area contributed by atoms with Crippen molar-refractivity contribution >= 4 is 21.6 Å². The fourth-order valence-electron chi connectivity index (χ4n) is 2.20. The summed E-state index contributed by atoms with van der Waals surface area (Å²) in [7, 11) is 0. The number of hydrogen-bond donors (Lipinski definition) is 1. The van der Waals surface area contributed by atoms with E-state index in [1.54, 1.807) is 0 Å². The highest BCUT2D eigenvalue weighted by atomic mass is 79.9. The number of pyridine rings is 1. The van der Waals surface area contributed by atoms with Gasteiger partial charge in [0.2, 0.25) is 0 Å². The molecule has 0 amide bonds. The maximum atomic E-state index is 5.68. The van der Waals surface area contributed by atoms with E-state index in [1.807, 2.05) is 13.0 Å². The molecule has 0 bridgehead atoms. The van der Waals surface area contributed by atoms with E-state index in [1.165, 1.54) is 0 Å². The minimum Gasteiger partial charge on any atom is -0.381 e. The molecule has 0 aliphatic carbocycles. The van der Waals surface area contributed by atoms with Gasteiger partial charge in [-0.25, -0.2) is 4.98 Å². The molecule has 0 radical (unpaired) electrons. The maximum Gasteiger partial charge on any atom is 0.106 e. The van der Waals surface area contributed by atoms with Gasteiger partial charge in [-0.15, -0.1) is 0 Å². The Hall–Kier alpha value is -0.610. The lowest BCUT2D eigenvalue weighted by molar-refractivity contribution is 0.00924. The molecule has 94 valence electrons. The molecule has 2 rings (SSSR count). The molecule has 1 aliphatic rings. The van der Waals surface area contributed by atoms with Crippen molar-refractivity contribution in [1.29, 1.82) is 0 Å². The SMILES string of the molecule is CCC1CC(Nc2ccc(Br)nc2C)CCO1. The highest BCUT2D eigenvalue weighted by Crippen LogP contribution is 2.22. The van der Waals surface area contributed by atoms with Crippen LogP contribution in [0.1, 0.15) is 31.9 Å². The van der Waals surface area contributed by atoms with Gasteiger partial charge in [-0.3, -0.25) is 0 Å². The van der Waals surface area contributed by atoms with Gasteiger partial charge in [0, 0.05) is 12.6 Å². The normalized spacial score (nSPS) is 24.6. The molecule has 1 aromatic heterocycles. The highest BCUT2D eigenvalue weighted by Gasteiger charge is 2.21. The van der Waals surface area contributed by atoms with Crippen LogP contribution in [0.15, 0.2) is 16.7 Å². The second-order valence-corrected chi connectivity index (χ2v) is 5.35. The lowest BCUT2D eigenvalue weighted by Gasteiger charge is -2.30. The van der Waals surface area contributed by atoms with Gasteiger partial charge < -0.3 is 10.1 Å². The molecule has 2 unspecified atom stereocenters. The summed E-state index contributed by atoms with van der Waals surface area (Å²) in [6.45, 7) is 5.07. The number of anilines is 1. The van der Waals surface area contributed by atoms with E-state index < -0.39 is 0 Å². The van der Waals surface area contributed by atoms with Crippen LogP contribution in [-0.2, 0) is 4.74 Å². The van der Waals surface area contributed by atoms with Gasteiger partial charge in [0.1, 0.15) is 4.60 Å². The van der Waals surface area contributed by atoms with Crippen LogP contribution in [0.4, 0.5) is 5.69 Å². The zero-order valence-electron chi connectivity index (χ0n) is 10.4. The lowest BCUT2D eigenvalue weighted by Crippen LogP contribution is -2.33. The number of aryl methyl sites for hydroxylation is 1. The molecule has 3 nitrogen and oxygen atoms in total. The van der Waals surface area contributed by atoms with Crippen LogP contribution in [-0.4, -0.2) is 23.7 Å². The van der Waals surface area contributed by atoms with Crippen molar-refractivity contribution in [1.82, 2.24) is 4.98 Å². The first-order chi connectivity index (χ1) is 8.19. The zero-order valence-corrected chi connectivity index (χ0v) is 12.0. The summed E-state index contributed by atoms with van der Waals surface area (Å²) in [5.74, 6) is 0. The van der Waals surface area contributed by atoms with Crippen molar-refractivity contribution in [3.05, 3.63) is 22.4 Å². The van der Waals surface area contributed by atoms with Crippen molar-refractivity contribution < 1.29 is 4.74 Å². The summed E-state index contributed by atoms with van der Waals surface area (Å²) in [5.41, 5.74) is 2.17. The van der Waals surface area contributed by atoms with E-state index in [0.717, 1.165) is 41.9 Å². The van der Waals surface area contributed by atoms with E-state index in [4.69, 9.17) is 4.74 Å². The molecular formula is C13H19BrN2O. The van der Waals surface area contributed by atoms with Crippen LogP contribution in [0.25, 0.3) is 0 Å². The Morgan fingerprint density at radius 3 is 3.06 bits per heavy atom. The van der Waals surface area contributed by atoms with E-state index in [2.05, 4.69) is 39.2 Å². The van der Waals surface area contributed by atoms with Crippen molar-refractivity contribution in [2.75, 3.05) is 11.9 Å². The molecule has 2 atom stereocenters. The Kier molecular flexibility index (Phi) is 4.40. The first-order valence-electron chi connectivity index (χ1n) is 6.20. The Morgan fingerprint density at radius 1 is 1.53 bits per heavy atom. The quantitative estimate of drug-likeness (QED) is 0.867. The summed E-state index contributed by atoms with van der Waals surface area (Å²) in [6.07, 6.45) is 3.67. The second kappa shape index (κ2) is 5.83. The largest absolute Gasteiger partial charge is 0.381 e. The van der Waals surface area contributed by atoms with Crippen LogP contribution in [0, 0.1) is 6.92 Å². The molecule has 1 fully saturated rings. The minimum atomic E-state index is 0.407. The molecule has 1 saturated heterocycles. The molecule has 0 aromatic carbocycles. The van der Waals surface area contributed by atoms with Crippen molar-refractivity contribution in [2.45, 2.75) is 45.3 Å². The number of hydrogen-bond acceptors (Lipinski definition) is 3. The fourth-order valence-corrected chi connectivity index (χ4v) is 2.60. The Bertz CT molecular complexity index is 384. The summed E-state index contributed by atoms with van der Waals surface area (Å²) in [4.78, 5) is 4.40. The minimum absolute atomic E-state index is 0.407. The first-order valence-corrected chi connectivity index (χ1v) is 6.99. The topological polar surface area (TPSA) is 34.2 Å². The summed E-state index contributed by atoms with van der Waals surface area (Å²) in [5, 5.41) is 3.58. The molecule has 4 heteroatoms. The summed E-state index contributed by atoms with van der Waals surface area (Å²) in [6, 6.07) is 4.57. The third kappa shape index (κ3) is 3.42. The highest BCUT2D eigenvalue weighted by molar-refractivity contribution is 9.10. The van der Waals surface area contributed by atoms with Gasteiger partial charge in [0.15, 0.2) is 0 Å². The number of nitrogens with one attached hydrogen (secondary N) is 1. The van der Waals surface area contributed by atoms with Crippen LogP contribution >= 0.6 is 15.9 Å². The Labute approximate surface area is 111 Å². The monoisotopic (exact) mass is 298 g/mol. The third-order valence-corrected chi connectivity index (χ3v) is 3.68.